The molecule has 1 fully saturated rings. The number of carbonyl (C=O) groups excluding carboxylic acids is 1. The van der Waals surface area contributed by atoms with Gasteiger partial charge in [-0.05, 0) is 31.0 Å². The van der Waals surface area contributed by atoms with Gasteiger partial charge in [0.2, 0.25) is 5.95 Å². The first kappa shape index (κ1) is 17.1. The summed E-state index contributed by atoms with van der Waals surface area (Å²) in [5, 5.41) is 0. The van der Waals surface area contributed by atoms with Gasteiger partial charge in [-0.2, -0.15) is 0 Å². The minimum absolute atomic E-state index is 0.0377. The molecule has 2 heterocycles. The summed E-state index contributed by atoms with van der Waals surface area (Å²) in [4.78, 5) is 24.9. The lowest BCUT2D eigenvalue weighted by atomic mass is 10.0. The van der Waals surface area contributed by atoms with Gasteiger partial charge in [-0.25, -0.2) is 14.4 Å². The lowest BCUT2D eigenvalue weighted by Crippen LogP contribution is -2.46. The third-order valence-electron chi connectivity index (χ3n) is 4.58. The third-order valence-corrected chi connectivity index (χ3v) is 4.58. The number of carbonyl (C=O) groups is 1. The number of halogens is 1. The molecule has 0 bridgehead atoms. The van der Waals surface area contributed by atoms with Gasteiger partial charge in [-0.15, -0.1) is 0 Å². The molecule has 0 atom stereocenters. The van der Waals surface area contributed by atoms with Crippen LogP contribution in [-0.4, -0.2) is 54.1 Å². The third kappa shape index (κ3) is 3.55. The summed E-state index contributed by atoms with van der Waals surface area (Å²) in [7, 11) is 3.11. The van der Waals surface area contributed by atoms with Gasteiger partial charge in [0.05, 0.1) is 12.7 Å². The maximum atomic E-state index is 14.3. The number of hydrogen-bond acceptors (Lipinski definition) is 5. The smallest absolute Gasteiger partial charge is 0.256 e. The second-order valence-electron chi connectivity index (χ2n) is 6.00. The molecule has 2 aromatic rings. The van der Waals surface area contributed by atoms with Crippen LogP contribution >= 0.6 is 0 Å². The number of anilines is 1. The maximum absolute atomic E-state index is 14.3. The number of aromatic nitrogens is 2. The van der Waals surface area contributed by atoms with Gasteiger partial charge in [-0.3, -0.25) is 4.79 Å². The van der Waals surface area contributed by atoms with Gasteiger partial charge < -0.3 is 14.5 Å². The molecule has 132 valence electrons. The number of hydrogen-bond donors (Lipinski definition) is 0. The van der Waals surface area contributed by atoms with Crippen LogP contribution < -0.4 is 9.64 Å². The van der Waals surface area contributed by atoms with E-state index >= 15 is 0 Å². The van der Waals surface area contributed by atoms with E-state index in [1.165, 1.54) is 19.2 Å². The average Bonchev–Trinajstić information content (AvgIpc) is 2.68. The predicted octanol–water partition coefficient (Wildman–Crippen LogP) is 2.37. The highest BCUT2D eigenvalue weighted by Crippen LogP contribution is 2.24. The summed E-state index contributed by atoms with van der Waals surface area (Å²) in [6, 6.07) is 6.45. The molecule has 7 heteroatoms. The molecule has 1 saturated heterocycles. The van der Waals surface area contributed by atoms with E-state index in [2.05, 4.69) is 14.9 Å². The zero-order valence-corrected chi connectivity index (χ0v) is 14.4. The van der Waals surface area contributed by atoms with Crippen molar-refractivity contribution < 1.29 is 13.9 Å². The number of nitrogens with zero attached hydrogens (tertiary/aromatic N) is 4. The van der Waals surface area contributed by atoms with Crippen molar-refractivity contribution in [2.24, 2.45) is 0 Å². The number of piperidine rings is 1. The molecule has 0 N–H and O–H groups in total. The van der Waals surface area contributed by atoms with Gasteiger partial charge in [0.25, 0.3) is 5.91 Å². The molecule has 0 unspecified atom stereocenters. The Morgan fingerprint density at radius 3 is 2.56 bits per heavy atom. The van der Waals surface area contributed by atoms with E-state index in [0.29, 0.717) is 5.95 Å². The van der Waals surface area contributed by atoms with E-state index in [9.17, 15) is 9.18 Å². The Hall–Kier alpha value is -2.70. The highest BCUT2D eigenvalue weighted by molar-refractivity contribution is 5.95. The van der Waals surface area contributed by atoms with E-state index in [0.717, 1.165) is 25.9 Å². The Morgan fingerprint density at radius 2 is 1.92 bits per heavy atom. The molecule has 1 aliphatic rings. The molecule has 1 aromatic heterocycles. The van der Waals surface area contributed by atoms with Crippen molar-refractivity contribution in [1.29, 1.82) is 0 Å². The molecule has 6 nitrogen and oxygen atoms in total. The largest absolute Gasteiger partial charge is 0.494 e. The molecule has 25 heavy (non-hydrogen) atoms. The highest BCUT2D eigenvalue weighted by Gasteiger charge is 2.28. The zero-order chi connectivity index (χ0) is 17.8. The monoisotopic (exact) mass is 344 g/mol. The van der Waals surface area contributed by atoms with Crippen molar-refractivity contribution in [1.82, 2.24) is 14.9 Å². The molecule has 1 aromatic carbocycles. The first-order chi connectivity index (χ1) is 12.1. The first-order valence-corrected chi connectivity index (χ1v) is 8.23. The number of rotatable bonds is 4. The summed E-state index contributed by atoms with van der Waals surface area (Å²) in [5.41, 5.74) is 0.0377. The molecule has 0 aliphatic carbocycles. The maximum Gasteiger partial charge on any atom is 0.256 e. The van der Waals surface area contributed by atoms with Crippen LogP contribution in [0.2, 0.25) is 0 Å². The lowest BCUT2D eigenvalue weighted by Gasteiger charge is -2.36. The summed E-state index contributed by atoms with van der Waals surface area (Å²) < 4.78 is 19.3. The minimum Gasteiger partial charge on any atom is -0.494 e. The second kappa shape index (κ2) is 7.46. The zero-order valence-electron chi connectivity index (χ0n) is 14.4. The van der Waals surface area contributed by atoms with Crippen LogP contribution in [0, 0.1) is 5.82 Å². The SMILES string of the molecule is COc1cccc(C(=O)N(C)C2CCN(c3ncccn3)CC2)c1F. The van der Waals surface area contributed by atoms with Crippen LogP contribution in [0.5, 0.6) is 5.75 Å². The molecule has 0 spiro atoms. The normalized spacial score (nSPS) is 15.1. The Balaban J connectivity index is 1.66. The summed E-state index contributed by atoms with van der Waals surface area (Å²) in [6.07, 6.45) is 5.00. The molecule has 1 amide bonds. The fourth-order valence-corrected chi connectivity index (χ4v) is 3.10. The summed E-state index contributed by atoms with van der Waals surface area (Å²) in [5.74, 6) is -0.160. The van der Waals surface area contributed by atoms with Crippen LogP contribution in [-0.2, 0) is 0 Å². The van der Waals surface area contributed by atoms with Crippen molar-refractivity contribution in [3.63, 3.8) is 0 Å². The molecule has 3 rings (SSSR count). The lowest BCUT2D eigenvalue weighted by molar-refractivity contribution is 0.0703. The van der Waals surface area contributed by atoms with Crippen molar-refractivity contribution in [2.45, 2.75) is 18.9 Å². The Kier molecular flexibility index (Phi) is 5.11. The van der Waals surface area contributed by atoms with Crippen LogP contribution in [0.1, 0.15) is 23.2 Å². The van der Waals surface area contributed by atoms with Crippen LogP contribution in [0.25, 0.3) is 0 Å². The van der Waals surface area contributed by atoms with Crippen molar-refractivity contribution in [3.05, 3.63) is 48.0 Å². The van der Waals surface area contributed by atoms with Crippen molar-refractivity contribution >= 4 is 11.9 Å². The van der Waals surface area contributed by atoms with E-state index in [-0.39, 0.29) is 23.3 Å². The topological polar surface area (TPSA) is 58.6 Å². The minimum atomic E-state index is -0.614. The number of benzene rings is 1. The van der Waals surface area contributed by atoms with Gasteiger partial charge in [0.15, 0.2) is 11.6 Å². The standard InChI is InChI=1S/C18H21FN4O2/c1-22(17(24)14-5-3-6-15(25-2)16(14)19)13-7-11-23(12-8-13)18-20-9-4-10-21-18/h3-6,9-10,13H,7-8,11-12H2,1-2H3. The fraction of sp³-hybridized carbons (Fsp3) is 0.389. The van der Waals surface area contributed by atoms with E-state index in [1.54, 1.807) is 36.5 Å². The fourth-order valence-electron chi connectivity index (χ4n) is 3.10. The molecule has 0 saturated carbocycles. The molecular formula is C18H21FN4O2. The van der Waals surface area contributed by atoms with E-state index < -0.39 is 5.82 Å². The van der Waals surface area contributed by atoms with E-state index in [4.69, 9.17) is 4.74 Å². The average molecular weight is 344 g/mol. The Labute approximate surface area is 146 Å². The Bertz CT molecular complexity index is 733. The van der Waals surface area contributed by atoms with Crippen molar-refractivity contribution in [2.75, 3.05) is 32.1 Å². The molecule has 1 aliphatic heterocycles. The van der Waals surface area contributed by atoms with Gasteiger partial charge in [0.1, 0.15) is 0 Å². The number of methoxy groups -OCH3 is 1. The quantitative estimate of drug-likeness (QED) is 0.852. The van der Waals surface area contributed by atoms with Crippen LogP contribution in [0.4, 0.5) is 10.3 Å². The van der Waals surface area contributed by atoms with Gasteiger partial charge >= 0.3 is 0 Å². The molecular weight excluding hydrogens is 323 g/mol. The van der Waals surface area contributed by atoms with Crippen molar-refractivity contribution in [3.8, 4) is 5.75 Å². The Morgan fingerprint density at radius 1 is 1.24 bits per heavy atom. The molecule has 0 radical (unpaired) electrons. The van der Waals surface area contributed by atoms with E-state index in [1.807, 2.05) is 0 Å². The summed E-state index contributed by atoms with van der Waals surface area (Å²) >= 11 is 0. The van der Waals surface area contributed by atoms with Gasteiger partial charge in [0, 0.05) is 38.6 Å². The number of ether oxygens (including phenoxy) is 1. The predicted molar refractivity (Wildman–Crippen MR) is 92.3 cm³/mol. The number of amides is 1. The first-order valence-electron chi connectivity index (χ1n) is 8.23. The highest BCUT2D eigenvalue weighted by atomic mass is 19.1. The van der Waals surface area contributed by atoms with Crippen LogP contribution in [0.15, 0.2) is 36.7 Å². The second-order valence-corrected chi connectivity index (χ2v) is 6.00. The van der Waals surface area contributed by atoms with Crippen LogP contribution in [0.3, 0.4) is 0 Å². The summed E-state index contributed by atoms with van der Waals surface area (Å²) in [6.45, 7) is 1.51. The van der Waals surface area contributed by atoms with Gasteiger partial charge in [-0.1, -0.05) is 6.07 Å².